The van der Waals surface area contributed by atoms with Crippen molar-refractivity contribution in [2.45, 2.75) is 0 Å². The van der Waals surface area contributed by atoms with Crippen molar-refractivity contribution < 1.29 is 14.0 Å². The maximum atomic E-state index is 10.2. The molecule has 4 nitrogen and oxygen atoms in total. The standard InChI is InChI=1S/C4H7NO3Si/c5-3(6)1-2-4(7)8-9/h1-2H,9H3,(H2,5,6)/b2-1-. The summed E-state index contributed by atoms with van der Waals surface area (Å²) in [5, 5.41) is 0. The second-order valence-corrected chi connectivity index (χ2v) is 1.67. The smallest absolute Gasteiger partial charge is 0.316 e. The molecule has 0 fully saturated rings. The van der Waals surface area contributed by atoms with Crippen molar-refractivity contribution in [1.29, 1.82) is 0 Å². The Hall–Kier alpha value is -1.10. The fourth-order valence-electron chi connectivity index (χ4n) is 0.218. The van der Waals surface area contributed by atoms with Gasteiger partial charge in [-0.05, 0) is 0 Å². The average Bonchev–Trinajstić information content (AvgIpc) is 1.83. The zero-order valence-electron chi connectivity index (χ0n) is 4.96. The van der Waals surface area contributed by atoms with Gasteiger partial charge in [0.25, 0.3) is 0 Å². The van der Waals surface area contributed by atoms with E-state index >= 15 is 0 Å². The Kier molecular flexibility index (Phi) is 3.37. The molecule has 5 heteroatoms. The molecule has 0 aliphatic heterocycles. The molecule has 0 aromatic carbocycles. The predicted octanol–water partition coefficient (Wildman–Crippen LogP) is -2.15. The van der Waals surface area contributed by atoms with Crippen molar-refractivity contribution >= 4 is 22.4 Å². The van der Waals surface area contributed by atoms with Crippen LogP contribution < -0.4 is 5.73 Å². The molecule has 0 unspecified atom stereocenters. The number of carbonyl (C=O) groups excluding carboxylic acids is 2. The third-order valence-electron chi connectivity index (χ3n) is 0.585. The second kappa shape index (κ2) is 3.85. The Balaban J connectivity index is 3.71. The van der Waals surface area contributed by atoms with E-state index in [0.29, 0.717) is 10.5 Å². The number of amides is 1. The second-order valence-electron chi connectivity index (χ2n) is 1.26. The summed E-state index contributed by atoms with van der Waals surface area (Å²) >= 11 is 0. The molecule has 0 rings (SSSR count). The van der Waals surface area contributed by atoms with E-state index in [1.165, 1.54) is 0 Å². The van der Waals surface area contributed by atoms with Crippen LogP contribution in [0.5, 0.6) is 0 Å². The van der Waals surface area contributed by atoms with Gasteiger partial charge in [-0.25, -0.2) is 4.79 Å². The van der Waals surface area contributed by atoms with E-state index in [1.807, 2.05) is 0 Å². The molecule has 0 spiro atoms. The summed E-state index contributed by atoms with van der Waals surface area (Å²) in [6.07, 6.45) is 1.95. The van der Waals surface area contributed by atoms with Crippen LogP contribution in [-0.2, 0) is 14.0 Å². The summed E-state index contributed by atoms with van der Waals surface area (Å²) in [5.74, 6) is -1.18. The third-order valence-corrected chi connectivity index (χ3v) is 0.987. The summed E-state index contributed by atoms with van der Waals surface area (Å²) in [5.41, 5.74) is 4.67. The van der Waals surface area contributed by atoms with Gasteiger partial charge < -0.3 is 10.2 Å². The maximum absolute atomic E-state index is 10.2. The van der Waals surface area contributed by atoms with Crippen LogP contribution in [0.15, 0.2) is 12.2 Å². The van der Waals surface area contributed by atoms with Crippen LogP contribution in [0.1, 0.15) is 0 Å². The van der Waals surface area contributed by atoms with E-state index in [2.05, 4.69) is 10.2 Å². The first-order chi connectivity index (χ1) is 4.16. The molecule has 0 aromatic rings. The Morgan fingerprint density at radius 3 is 2.33 bits per heavy atom. The van der Waals surface area contributed by atoms with E-state index in [1.54, 1.807) is 0 Å². The van der Waals surface area contributed by atoms with Crippen molar-refractivity contribution in [3.8, 4) is 0 Å². The fourth-order valence-corrected chi connectivity index (χ4v) is 0.354. The monoisotopic (exact) mass is 145 g/mol. The lowest BCUT2D eigenvalue weighted by molar-refractivity contribution is -0.129. The lowest BCUT2D eigenvalue weighted by Gasteiger charge is -1.87. The van der Waals surface area contributed by atoms with Crippen molar-refractivity contribution in [3.05, 3.63) is 12.2 Å². The van der Waals surface area contributed by atoms with Gasteiger partial charge in [-0.1, -0.05) is 0 Å². The number of primary amides is 1. The van der Waals surface area contributed by atoms with Gasteiger partial charge in [0.15, 0.2) is 0 Å². The Morgan fingerprint density at radius 1 is 1.44 bits per heavy atom. The first-order valence-corrected chi connectivity index (χ1v) is 3.04. The highest BCUT2D eigenvalue weighted by atomic mass is 28.2. The van der Waals surface area contributed by atoms with E-state index < -0.39 is 11.9 Å². The van der Waals surface area contributed by atoms with Crippen LogP contribution >= 0.6 is 0 Å². The van der Waals surface area contributed by atoms with Crippen molar-refractivity contribution in [2.24, 2.45) is 5.73 Å². The molecule has 0 saturated carbocycles. The van der Waals surface area contributed by atoms with E-state index in [9.17, 15) is 9.59 Å². The first kappa shape index (κ1) is 7.90. The molecule has 0 bridgehead atoms. The fraction of sp³-hybridized carbons (Fsp3) is 0. The van der Waals surface area contributed by atoms with Gasteiger partial charge in [-0.3, -0.25) is 4.79 Å². The molecule has 0 aliphatic carbocycles. The van der Waals surface area contributed by atoms with Gasteiger partial charge in [-0.2, -0.15) is 0 Å². The Bertz CT molecular complexity index is 154. The molecule has 0 aromatic heterocycles. The van der Waals surface area contributed by atoms with Gasteiger partial charge in [0.05, 0.1) is 0 Å². The zero-order valence-corrected chi connectivity index (χ0v) is 6.96. The third kappa shape index (κ3) is 4.76. The van der Waals surface area contributed by atoms with E-state index in [0.717, 1.165) is 12.2 Å². The van der Waals surface area contributed by atoms with E-state index in [4.69, 9.17) is 0 Å². The van der Waals surface area contributed by atoms with Crippen LogP contribution in [0, 0.1) is 0 Å². The quantitative estimate of drug-likeness (QED) is 0.356. The average molecular weight is 145 g/mol. The molecule has 1 amide bonds. The van der Waals surface area contributed by atoms with Gasteiger partial charge in [0, 0.05) is 12.2 Å². The van der Waals surface area contributed by atoms with Gasteiger partial charge in [0.1, 0.15) is 0 Å². The highest BCUT2D eigenvalue weighted by Crippen LogP contribution is 1.74. The lowest BCUT2D eigenvalue weighted by Crippen LogP contribution is -2.07. The van der Waals surface area contributed by atoms with E-state index in [-0.39, 0.29) is 0 Å². The summed E-state index contributed by atoms with van der Waals surface area (Å²) in [7, 11) is 0.330. The maximum Gasteiger partial charge on any atom is 0.316 e. The molecular weight excluding hydrogens is 138 g/mol. The lowest BCUT2D eigenvalue weighted by atomic mass is 10.5. The van der Waals surface area contributed by atoms with Gasteiger partial charge >= 0.3 is 5.97 Å². The molecule has 0 saturated heterocycles. The zero-order chi connectivity index (χ0) is 7.28. The summed E-state index contributed by atoms with van der Waals surface area (Å²) in [4.78, 5) is 20.2. The molecule has 0 heterocycles. The molecule has 0 radical (unpaired) electrons. The number of nitrogens with two attached hydrogens (primary N) is 1. The SMILES string of the molecule is NC(=O)/C=C\C(=O)O[SiH3]. The number of rotatable bonds is 2. The van der Waals surface area contributed by atoms with Crippen LogP contribution in [0.2, 0.25) is 0 Å². The highest BCUT2D eigenvalue weighted by molar-refractivity contribution is 6.08. The molecule has 9 heavy (non-hydrogen) atoms. The summed E-state index contributed by atoms with van der Waals surface area (Å²) < 4.78 is 4.31. The summed E-state index contributed by atoms with van der Waals surface area (Å²) in [6, 6.07) is 0. The normalized spacial score (nSPS) is 9.78. The van der Waals surface area contributed by atoms with Crippen molar-refractivity contribution in [1.82, 2.24) is 0 Å². The van der Waals surface area contributed by atoms with Crippen molar-refractivity contribution in [3.63, 3.8) is 0 Å². The molecule has 0 atom stereocenters. The Morgan fingerprint density at radius 2 is 2.00 bits per heavy atom. The molecular formula is C4H7NO3Si. The van der Waals surface area contributed by atoms with Crippen LogP contribution in [0.25, 0.3) is 0 Å². The predicted molar refractivity (Wildman–Crippen MR) is 34.4 cm³/mol. The topological polar surface area (TPSA) is 69.4 Å². The molecule has 2 N–H and O–H groups in total. The van der Waals surface area contributed by atoms with Crippen LogP contribution in [-0.4, -0.2) is 22.4 Å². The Labute approximate surface area is 55.2 Å². The van der Waals surface area contributed by atoms with Gasteiger partial charge in [-0.15, -0.1) is 0 Å². The molecule has 0 aliphatic rings. The highest BCUT2D eigenvalue weighted by Gasteiger charge is 1.89. The minimum absolute atomic E-state index is 0.330. The van der Waals surface area contributed by atoms with Gasteiger partial charge in [0.2, 0.25) is 16.4 Å². The largest absolute Gasteiger partial charge is 0.526 e. The van der Waals surface area contributed by atoms with Crippen LogP contribution in [0.3, 0.4) is 0 Å². The minimum Gasteiger partial charge on any atom is -0.526 e. The minimum atomic E-state index is -0.651. The summed E-state index contributed by atoms with van der Waals surface area (Å²) in [6.45, 7) is 0. The first-order valence-electron chi connectivity index (χ1n) is 2.22. The number of hydrogen-bond donors (Lipinski definition) is 1. The number of hydrogen-bond acceptors (Lipinski definition) is 3. The van der Waals surface area contributed by atoms with Crippen molar-refractivity contribution in [2.75, 3.05) is 0 Å². The molecule has 50 valence electrons. The van der Waals surface area contributed by atoms with Crippen LogP contribution in [0.4, 0.5) is 0 Å². The number of carbonyl (C=O) groups is 2.